The molecule has 0 saturated heterocycles. The molecule has 0 spiro atoms. The van der Waals surface area contributed by atoms with E-state index >= 15 is 0 Å². The summed E-state index contributed by atoms with van der Waals surface area (Å²) in [6.07, 6.45) is 1.75. The molecular formula is C13H10BrClN2O3. The zero-order chi connectivity index (χ0) is 14.9. The molecule has 7 heteroatoms. The van der Waals surface area contributed by atoms with Crippen LogP contribution >= 0.6 is 27.5 Å². The molecule has 0 radical (unpaired) electrons. The number of nitrogens with zero attached hydrogens (tertiary/aromatic N) is 1. The zero-order valence-electron chi connectivity index (χ0n) is 10.4. The van der Waals surface area contributed by atoms with E-state index in [0.717, 1.165) is 4.47 Å². The normalized spacial score (nSPS) is 10.3. The van der Waals surface area contributed by atoms with Crippen molar-refractivity contribution >= 4 is 45.1 Å². The summed E-state index contributed by atoms with van der Waals surface area (Å²) in [5.74, 6) is -1.48. The van der Waals surface area contributed by atoms with Crippen LogP contribution in [-0.2, 0) is 7.05 Å². The van der Waals surface area contributed by atoms with Crippen LogP contribution in [0.2, 0.25) is 5.02 Å². The molecule has 0 unspecified atom stereocenters. The number of amides is 1. The van der Waals surface area contributed by atoms with Crippen LogP contribution in [0.5, 0.6) is 0 Å². The van der Waals surface area contributed by atoms with E-state index in [1.54, 1.807) is 29.9 Å². The highest BCUT2D eigenvalue weighted by atomic mass is 79.9. The standard InChI is InChI=1S/C13H10BrClN2O3/c1-17-6-7(14)4-11(17)12(18)16-8-2-3-10(15)9(5-8)13(19)20/h2-6H,1H3,(H,16,18)(H,19,20). The summed E-state index contributed by atoms with van der Waals surface area (Å²) in [4.78, 5) is 23.1. The smallest absolute Gasteiger partial charge is 0.337 e. The summed E-state index contributed by atoms with van der Waals surface area (Å²) in [7, 11) is 1.74. The van der Waals surface area contributed by atoms with E-state index in [1.807, 2.05) is 0 Å². The molecule has 1 amide bonds. The first-order valence-corrected chi connectivity index (χ1v) is 6.71. The molecule has 1 aromatic heterocycles. The van der Waals surface area contributed by atoms with Crippen LogP contribution in [0.25, 0.3) is 0 Å². The number of halogens is 2. The maximum atomic E-state index is 12.1. The highest BCUT2D eigenvalue weighted by molar-refractivity contribution is 9.10. The fourth-order valence-electron chi connectivity index (χ4n) is 1.71. The number of rotatable bonds is 3. The van der Waals surface area contributed by atoms with E-state index in [4.69, 9.17) is 16.7 Å². The second-order valence-electron chi connectivity index (χ2n) is 4.11. The second kappa shape index (κ2) is 5.68. The van der Waals surface area contributed by atoms with Gasteiger partial charge in [-0.15, -0.1) is 0 Å². The number of carboxylic acids is 1. The van der Waals surface area contributed by atoms with Gasteiger partial charge in [0.1, 0.15) is 5.69 Å². The molecule has 20 heavy (non-hydrogen) atoms. The third kappa shape index (κ3) is 3.02. The quantitative estimate of drug-likeness (QED) is 0.884. The Balaban J connectivity index is 2.26. The SMILES string of the molecule is Cn1cc(Br)cc1C(=O)Nc1ccc(Cl)c(C(=O)O)c1. The van der Waals surface area contributed by atoms with Gasteiger partial charge in [-0.1, -0.05) is 11.6 Å². The van der Waals surface area contributed by atoms with E-state index in [0.29, 0.717) is 11.4 Å². The highest BCUT2D eigenvalue weighted by Gasteiger charge is 2.14. The lowest BCUT2D eigenvalue weighted by Crippen LogP contribution is -2.15. The molecule has 1 heterocycles. The highest BCUT2D eigenvalue weighted by Crippen LogP contribution is 2.21. The predicted molar refractivity (Wildman–Crippen MR) is 79.5 cm³/mol. The molecule has 0 saturated carbocycles. The average molecular weight is 358 g/mol. The summed E-state index contributed by atoms with van der Waals surface area (Å²) >= 11 is 9.05. The van der Waals surface area contributed by atoms with Crippen molar-refractivity contribution < 1.29 is 14.7 Å². The molecule has 104 valence electrons. The number of nitrogens with one attached hydrogen (secondary N) is 1. The van der Waals surface area contributed by atoms with Crippen molar-refractivity contribution in [2.24, 2.45) is 7.05 Å². The van der Waals surface area contributed by atoms with Crippen LogP contribution in [0.1, 0.15) is 20.8 Å². The Labute approximate surface area is 128 Å². The number of carboxylic acid groups (broad SMARTS) is 1. The lowest BCUT2D eigenvalue weighted by Gasteiger charge is -2.07. The van der Waals surface area contributed by atoms with Crippen LogP contribution in [0.4, 0.5) is 5.69 Å². The first kappa shape index (κ1) is 14.6. The van der Waals surface area contributed by atoms with E-state index < -0.39 is 5.97 Å². The molecule has 2 rings (SSSR count). The molecule has 0 fully saturated rings. The Bertz CT molecular complexity index is 697. The molecule has 2 aromatic rings. The summed E-state index contributed by atoms with van der Waals surface area (Å²) in [6, 6.07) is 5.97. The van der Waals surface area contributed by atoms with Crippen molar-refractivity contribution in [3.8, 4) is 0 Å². The Morgan fingerprint density at radius 1 is 1.35 bits per heavy atom. The number of hydrogen-bond donors (Lipinski definition) is 2. The fourth-order valence-corrected chi connectivity index (χ4v) is 2.43. The monoisotopic (exact) mass is 356 g/mol. The van der Waals surface area contributed by atoms with E-state index in [2.05, 4.69) is 21.2 Å². The number of carbonyl (C=O) groups excluding carboxylic acids is 1. The van der Waals surface area contributed by atoms with Gasteiger partial charge >= 0.3 is 5.97 Å². The van der Waals surface area contributed by atoms with Gasteiger partial charge in [0, 0.05) is 23.4 Å². The van der Waals surface area contributed by atoms with Crippen molar-refractivity contribution in [1.82, 2.24) is 4.57 Å². The van der Waals surface area contributed by atoms with Crippen LogP contribution in [-0.4, -0.2) is 21.6 Å². The van der Waals surface area contributed by atoms with Crippen LogP contribution in [0.3, 0.4) is 0 Å². The summed E-state index contributed by atoms with van der Waals surface area (Å²) < 4.78 is 2.44. The fraction of sp³-hybridized carbons (Fsp3) is 0.0769. The van der Waals surface area contributed by atoms with Crippen molar-refractivity contribution in [3.05, 3.63) is 51.2 Å². The Morgan fingerprint density at radius 3 is 2.60 bits per heavy atom. The first-order chi connectivity index (χ1) is 9.38. The van der Waals surface area contributed by atoms with Crippen molar-refractivity contribution in [2.45, 2.75) is 0 Å². The number of aromatic carboxylic acids is 1. The number of hydrogen-bond acceptors (Lipinski definition) is 2. The van der Waals surface area contributed by atoms with Crippen molar-refractivity contribution in [1.29, 1.82) is 0 Å². The van der Waals surface area contributed by atoms with Gasteiger partial charge in [-0.2, -0.15) is 0 Å². The Kier molecular flexibility index (Phi) is 4.15. The number of aromatic nitrogens is 1. The molecule has 0 aliphatic heterocycles. The van der Waals surface area contributed by atoms with Gasteiger partial charge in [0.15, 0.2) is 0 Å². The van der Waals surface area contributed by atoms with E-state index in [-0.39, 0.29) is 16.5 Å². The number of carbonyl (C=O) groups is 2. The molecule has 0 aliphatic rings. The molecule has 0 aliphatic carbocycles. The molecular weight excluding hydrogens is 348 g/mol. The Morgan fingerprint density at radius 2 is 2.05 bits per heavy atom. The first-order valence-electron chi connectivity index (χ1n) is 5.54. The molecule has 5 nitrogen and oxygen atoms in total. The van der Waals surface area contributed by atoms with Gasteiger partial charge in [-0.3, -0.25) is 4.79 Å². The van der Waals surface area contributed by atoms with Crippen LogP contribution in [0, 0.1) is 0 Å². The minimum atomic E-state index is -1.15. The third-order valence-electron chi connectivity index (χ3n) is 2.66. The van der Waals surface area contributed by atoms with E-state index in [1.165, 1.54) is 12.1 Å². The molecule has 1 aromatic carbocycles. The second-order valence-corrected chi connectivity index (χ2v) is 5.43. The largest absolute Gasteiger partial charge is 0.478 e. The molecule has 2 N–H and O–H groups in total. The lowest BCUT2D eigenvalue weighted by molar-refractivity contribution is 0.0696. The minimum absolute atomic E-state index is 0.0578. The zero-order valence-corrected chi connectivity index (χ0v) is 12.7. The van der Waals surface area contributed by atoms with Crippen LogP contribution in [0.15, 0.2) is 34.9 Å². The summed E-state index contributed by atoms with van der Waals surface area (Å²) in [5.41, 5.74) is 0.760. The van der Waals surface area contributed by atoms with Gasteiger partial charge in [0.25, 0.3) is 5.91 Å². The van der Waals surface area contributed by atoms with Gasteiger partial charge in [-0.25, -0.2) is 4.79 Å². The van der Waals surface area contributed by atoms with E-state index in [9.17, 15) is 9.59 Å². The predicted octanol–water partition coefficient (Wildman–Crippen LogP) is 3.39. The maximum Gasteiger partial charge on any atom is 0.337 e. The van der Waals surface area contributed by atoms with Gasteiger partial charge < -0.3 is 15.0 Å². The molecule has 0 atom stereocenters. The lowest BCUT2D eigenvalue weighted by atomic mass is 10.2. The van der Waals surface area contributed by atoms with Gasteiger partial charge in [0.05, 0.1) is 10.6 Å². The average Bonchev–Trinajstić information content (AvgIpc) is 2.70. The topological polar surface area (TPSA) is 71.3 Å². The van der Waals surface area contributed by atoms with Crippen LogP contribution < -0.4 is 5.32 Å². The van der Waals surface area contributed by atoms with Gasteiger partial charge in [0.2, 0.25) is 0 Å². The number of aryl methyl sites for hydroxylation is 1. The van der Waals surface area contributed by atoms with Crippen molar-refractivity contribution in [3.63, 3.8) is 0 Å². The number of anilines is 1. The third-order valence-corrected chi connectivity index (χ3v) is 3.42. The summed E-state index contributed by atoms with van der Waals surface area (Å²) in [6.45, 7) is 0. The number of benzene rings is 1. The van der Waals surface area contributed by atoms with Gasteiger partial charge in [-0.05, 0) is 40.2 Å². The minimum Gasteiger partial charge on any atom is -0.478 e. The molecule has 0 bridgehead atoms. The van der Waals surface area contributed by atoms with Crippen molar-refractivity contribution in [2.75, 3.05) is 5.32 Å². The maximum absolute atomic E-state index is 12.1. The Hall–Kier alpha value is -1.79. The summed E-state index contributed by atoms with van der Waals surface area (Å²) in [5, 5.41) is 11.7.